The minimum Gasteiger partial charge on any atom is -0.354 e. The molecule has 0 aliphatic heterocycles. The molecule has 26 heavy (non-hydrogen) atoms. The average molecular weight is 371 g/mol. The number of carbonyl (C=O) groups is 1. The molecule has 0 saturated carbocycles. The molecule has 1 N–H and O–H groups in total. The summed E-state index contributed by atoms with van der Waals surface area (Å²) in [6.45, 7) is 2.74. The van der Waals surface area contributed by atoms with Crippen molar-refractivity contribution in [3.63, 3.8) is 0 Å². The van der Waals surface area contributed by atoms with Crippen molar-refractivity contribution < 1.29 is 4.79 Å². The third kappa shape index (κ3) is 4.66. The number of thiazole rings is 1. The number of hydrogen-bond donors (Lipinski definition) is 1. The van der Waals surface area contributed by atoms with Crippen molar-refractivity contribution in [2.75, 3.05) is 6.54 Å². The highest BCUT2D eigenvalue weighted by molar-refractivity contribution is 7.07. The Hall–Kier alpha value is -2.74. The van der Waals surface area contributed by atoms with Crippen LogP contribution in [0.4, 0.5) is 0 Å². The molecule has 1 amide bonds. The second kappa shape index (κ2) is 8.57. The maximum Gasteiger partial charge on any atom is 0.346 e. The van der Waals surface area contributed by atoms with Crippen LogP contribution in [-0.4, -0.2) is 31.8 Å². The fourth-order valence-electron chi connectivity index (χ4n) is 2.68. The first-order valence-corrected chi connectivity index (χ1v) is 9.39. The number of nitrogens with one attached hydrogen (secondary N) is 1. The van der Waals surface area contributed by atoms with E-state index in [1.807, 2.05) is 35.7 Å². The molecule has 3 aromatic rings. The Bertz CT molecular complexity index is 900. The Balaban J connectivity index is 1.55. The molecule has 0 aliphatic carbocycles. The number of benzene rings is 1. The molecular weight excluding hydrogens is 350 g/mol. The third-order valence-electron chi connectivity index (χ3n) is 4.05. The minimum absolute atomic E-state index is 0.0743. The summed E-state index contributed by atoms with van der Waals surface area (Å²) in [5, 5.41) is 8.97. The molecule has 0 fully saturated rings. The highest BCUT2D eigenvalue weighted by atomic mass is 32.1. The van der Waals surface area contributed by atoms with Gasteiger partial charge in [0.1, 0.15) is 12.4 Å². The molecule has 0 bridgehead atoms. The van der Waals surface area contributed by atoms with Crippen LogP contribution in [0.5, 0.6) is 0 Å². The van der Waals surface area contributed by atoms with E-state index in [1.54, 1.807) is 17.0 Å². The van der Waals surface area contributed by atoms with Gasteiger partial charge in [-0.25, -0.2) is 14.5 Å². The van der Waals surface area contributed by atoms with Gasteiger partial charge in [0.25, 0.3) is 0 Å². The lowest BCUT2D eigenvalue weighted by Crippen LogP contribution is -2.34. The van der Waals surface area contributed by atoms with E-state index < -0.39 is 0 Å². The first-order chi connectivity index (χ1) is 12.6. The molecular formula is C18H21N5O2S. The van der Waals surface area contributed by atoms with Gasteiger partial charge in [0.2, 0.25) is 5.91 Å². The number of hydrogen-bond acceptors (Lipinski definition) is 5. The van der Waals surface area contributed by atoms with E-state index >= 15 is 0 Å². The zero-order valence-electron chi connectivity index (χ0n) is 14.6. The molecule has 136 valence electrons. The van der Waals surface area contributed by atoms with Gasteiger partial charge < -0.3 is 5.32 Å². The Morgan fingerprint density at radius 3 is 2.77 bits per heavy atom. The summed E-state index contributed by atoms with van der Waals surface area (Å²) in [7, 11) is 0. The monoisotopic (exact) mass is 371 g/mol. The van der Waals surface area contributed by atoms with Crippen LogP contribution < -0.4 is 11.0 Å². The topological polar surface area (TPSA) is 81.8 Å². The van der Waals surface area contributed by atoms with Crippen molar-refractivity contribution in [1.29, 1.82) is 0 Å². The summed E-state index contributed by atoms with van der Waals surface area (Å²) in [4.78, 5) is 28.7. The molecule has 2 heterocycles. The van der Waals surface area contributed by atoms with Crippen LogP contribution in [0, 0.1) is 6.92 Å². The van der Waals surface area contributed by atoms with Crippen molar-refractivity contribution >= 4 is 17.2 Å². The van der Waals surface area contributed by atoms with Crippen molar-refractivity contribution in [3.05, 3.63) is 68.8 Å². The predicted molar refractivity (Wildman–Crippen MR) is 100 cm³/mol. The molecule has 0 unspecified atom stereocenters. The molecule has 0 saturated heterocycles. The summed E-state index contributed by atoms with van der Waals surface area (Å²) in [6, 6.07) is 9.97. The van der Waals surface area contributed by atoms with E-state index in [2.05, 4.69) is 15.4 Å². The van der Waals surface area contributed by atoms with Gasteiger partial charge in [0.05, 0.1) is 11.2 Å². The maximum atomic E-state index is 12.5. The van der Waals surface area contributed by atoms with E-state index in [1.165, 1.54) is 16.0 Å². The zero-order valence-corrected chi connectivity index (χ0v) is 15.4. The van der Waals surface area contributed by atoms with E-state index in [0.717, 1.165) is 17.7 Å². The number of nitrogens with zero attached hydrogens (tertiary/aromatic N) is 4. The second-order valence-electron chi connectivity index (χ2n) is 5.95. The van der Waals surface area contributed by atoms with Gasteiger partial charge in [-0.05, 0) is 18.9 Å². The van der Waals surface area contributed by atoms with E-state index in [-0.39, 0.29) is 18.1 Å². The Labute approximate surface area is 155 Å². The molecule has 0 aliphatic rings. The first kappa shape index (κ1) is 18.1. The molecule has 1 aromatic carbocycles. The zero-order chi connectivity index (χ0) is 18.4. The van der Waals surface area contributed by atoms with Crippen LogP contribution in [0.2, 0.25) is 0 Å². The standard InChI is InChI=1S/C18H21N5O2S/c1-14-21-23(11-17(24)19-9-7-16-12-26-13-20-16)18(25)22(14)10-8-15-5-3-2-4-6-15/h2-6,12-13H,7-11H2,1H3,(H,19,24). The summed E-state index contributed by atoms with van der Waals surface area (Å²) in [5.74, 6) is 0.385. The number of carbonyl (C=O) groups excluding carboxylic acids is 1. The predicted octanol–water partition coefficient (Wildman–Crippen LogP) is 1.41. The summed E-state index contributed by atoms with van der Waals surface area (Å²) >= 11 is 1.53. The SMILES string of the molecule is Cc1nn(CC(=O)NCCc2cscn2)c(=O)n1CCc1ccccc1. The highest BCUT2D eigenvalue weighted by Gasteiger charge is 2.13. The van der Waals surface area contributed by atoms with Crippen molar-refractivity contribution in [2.24, 2.45) is 0 Å². The fourth-order valence-corrected chi connectivity index (χ4v) is 3.27. The van der Waals surface area contributed by atoms with Crippen LogP contribution in [0.3, 0.4) is 0 Å². The van der Waals surface area contributed by atoms with Gasteiger partial charge in [0.15, 0.2) is 0 Å². The smallest absolute Gasteiger partial charge is 0.346 e. The number of amides is 1. The molecule has 3 rings (SSSR count). The van der Waals surface area contributed by atoms with E-state index in [4.69, 9.17) is 0 Å². The van der Waals surface area contributed by atoms with Gasteiger partial charge in [-0.2, -0.15) is 5.10 Å². The highest BCUT2D eigenvalue weighted by Crippen LogP contribution is 2.02. The van der Waals surface area contributed by atoms with E-state index in [9.17, 15) is 9.59 Å². The summed E-state index contributed by atoms with van der Waals surface area (Å²) in [5.41, 5.74) is 3.62. The quantitative estimate of drug-likeness (QED) is 0.649. The minimum atomic E-state index is -0.256. The van der Waals surface area contributed by atoms with Gasteiger partial charge in [-0.3, -0.25) is 9.36 Å². The molecule has 8 heteroatoms. The van der Waals surface area contributed by atoms with Gasteiger partial charge in [-0.1, -0.05) is 30.3 Å². The number of rotatable bonds is 8. The number of aryl methyl sites for hydroxylation is 2. The van der Waals surface area contributed by atoms with Gasteiger partial charge in [0, 0.05) is 24.9 Å². The lowest BCUT2D eigenvalue weighted by Gasteiger charge is -2.04. The summed E-state index contributed by atoms with van der Waals surface area (Å²) in [6.07, 6.45) is 1.42. The summed E-state index contributed by atoms with van der Waals surface area (Å²) < 4.78 is 2.83. The Kier molecular flexibility index (Phi) is 5.96. The molecule has 7 nitrogen and oxygen atoms in total. The van der Waals surface area contributed by atoms with Gasteiger partial charge in [-0.15, -0.1) is 11.3 Å². The van der Waals surface area contributed by atoms with Crippen molar-refractivity contribution in [3.8, 4) is 0 Å². The fraction of sp³-hybridized carbons (Fsp3) is 0.333. The normalized spacial score (nSPS) is 10.8. The number of aromatic nitrogens is 4. The molecule has 0 radical (unpaired) electrons. The molecule has 2 aromatic heterocycles. The average Bonchev–Trinajstić information content (AvgIpc) is 3.23. The van der Waals surface area contributed by atoms with Crippen LogP contribution in [0.15, 0.2) is 46.0 Å². The lowest BCUT2D eigenvalue weighted by atomic mass is 10.1. The largest absolute Gasteiger partial charge is 0.354 e. The Morgan fingerprint density at radius 2 is 2.04 bits per heavy atom. The van der Waals surface area contributed by atoms with Crippen LogP contribution in [-0.2, 0) is 30.7 Å². The van der Waals surface area contributed by atoms with E-state index in [0.29, 0.717) is 25.3 Å². The third-order valence-corrected chi connectivity index (χ3v) is 4.69. The Morgan fingerprint density at radius 1 is 1.23 bits per heavy atom. The maximum absolute atomic E-state index is 12.5. The first-order valence-electron chi connectivity index (χ1n) is 8.45. The molecule has 0 atom stereocenters. The van der Waals surface area contributed by atoms with Gasteiger partial charge >= 0.3 is 5.69 Å². The van der Waals surface area contributed by atoms with Crippen LogP contribution >= 0.6 is 11.3 Å². The van der Waals surface area contributed by atoms with Crippen LogP contribution in [0.25, 0.3) is 0 Å². The van der Waals surface area contributed by atoms with Crippen molar-refractivity contribution in [1.82, 2.24) is 24.6 Å². The second-order valence-corrected chi connectivity index (χ2v) is 6.67. The molecule has 0 spiro atoms. The lowest BCUT2D eigenvalue weighted by molar-refractivity contribution is -0.121. The van der Waals surface area contributed by atoms with Crippen molar-refractivity contribution in [2.45, 2.75) is 32.9 Å². The van der Waals surface area contributed by atoms with Crippen LogP contribution in [0.1, 0.15) is 17.1 Å².